The van der Waals surface area contributed by atoms with E-state index < -0.39 is 0 Å². The molecule has 1 aliphatic rings. The van der Waals surface area contributed by atoms with Crippen molar-refractivity contribution >= 4 is 21.8 Å². The number of nitrogens with zero attached hydrogens (tertiary/aromatic N) is 1. The van der Waals surface area contributed by atoms with Crippen molar-refractivity contribution in [3.63, 3.8) is 0 Å². The highest BCUT2D eigenvalue weighted by Gasteiger charge is 2.22. The summed E-state index contributed by atoms with van der Waals surface area (Å²) in [5.41, 5.74) is 1.57. The zero-order valence-corrected chi connectivity index (χ0v) is 11.5. The van der Waals surface area contributed by atoms with Crippen LogP contribution in [0.3, 0.4) is 0 Å². The average Bonchev–Trinajstić information content (AvgIpc) is 2.72. The summed E-state index contributed by atoms with van der Waals surface area (Å²) in [4.78, 5) is 16.6. The second-order valence-electron chi connectivity index (χ2n) is 4.67. The van der Waals surface area contributed by atoms with Gasteiger partial charge in [-0.3, -0.25) is 9.78 Å². The van der Waals surface area contributed by atoms with Gasteiger partial charge in [-0.05, 0) is 44.2 Å². The van der Waals surface area contributed by atoms with Gasteiger partial charge in [0.05, 0.1) is 0 Å². The lowest BCUT2D eigenvalue weighted by atomic mass is 10.1. The molecule has 1 aliphatic carbocycles. The Balaban J connectivity index is 1.85. The summed E-state index contributed by atoms with van der Waals surface area (Å²) in [5, 5.41) is 3.00. The van der Waals surface area contributed by atoms with Crippen LogP contribution in [0.4, 0.5) is 0 Å². The van der Waals surface area contributed by atoms with Gasteiger partial charge in [0, 0.05) is 28.8 Å². The molecular formula is C13H17BrN2O. The van der Waals surface area contributed by atoms with E-state index >= 15 is 0 Å². The molecular weight excluding hydrogens is 280 g/mol. The number of alkyl halides is 1. The Morgan fingerprint density at radius 1 is 1.59 bits per heavy atom. The van der Waals surface area contributed by atoms with Crippen molar-refractivity contribution in [2.24, 2.45) is 5.92 Å². The Hall–Kier alpha value is -0.900. The summed E-state index contributed by atoms with van der Waals surface area (Å²) in [6.45, 7) is 2.67. The minimum atomic E-state index is 0.00789. The predicted molar refractivity (Wildman–Crippen MR) is 71.4 cm³/mol. The molecule has 2 unspecified atom stereocenters. The fourth-order valence-electron chi connectivity index (χ4n) is 2.23. The highest BCUT2D eigenvalue weighted by atomic mass is 79.9. The number of halogens is 1. The summed E-state index contributed by atoms with van der Waals surface area (Å²) < 4.78 is 0. The number of aromatic nitrogens is 1. The molecule has 1 amide bonds. The molecule has 0 saturated heterocycles. The Kier molecular flexibility index (Phi) is 4.15. The molecule has 92 valence electrons. The van der Waals surface area contributed by atoms with Gasteiger partial charge in [-0.1, -0.05) is 15.9 Å². The SMILES string of the molecule is Cc1cc(C(=O)NCC2CCC(Br)C2)ccn1. The number of amides is 1. The molecule has 1 aromatic rings. The lowest BCUT2D eigenvalue weighted by molar-refractivity contribution is 0.0947. The van der Waals surface area contributed by atoms with Gasteiger partial charge in [0.2, 0.25) is 0 Å². The molecule has 1 saturated carbocycles. The summed E-state index contributed by atoms with van der Waals surface area (Å²) in [7, 11) is 0. The number of hydrogen-bond acceptors (Lipinski definition) is 2. The molecule has 0 radical (unpaired) electrons. The molecule has 0 bridgehead atoms. The number of nitrogens with one attached hydrogen (secondary N) is 1. The topological polar surface area (TPSA) is 42.0 Å². The second kappa shape index (κ2) is 5.63. The molecule has 1 fully saturated rings. The fraction of sp³-hybridized carbons (Fsp3) is 0.538. The number of carbonyl (C=O) groups excluding carboxylic acids is 1. The van der Waals surface area contributed by atoms with E-state index in [0.29, 0.717) is 16.3 Å². The maximum absolute atomic E-state index is 11.9. The number of aryl methyl sites for hydroxylation is 1. The van der Waals surface area contributed by atoms with E-state index in [2.05, 4.69) is 26.2 Å². The van der Waals surface area contributed by atoms with Crippen LogP contribution in [0, 0.1) is 12.8 Å². The van der Waals surface area contributed by atoms with Gasteiger partial charge in [0.15, 0.2) is 0 Å². The van der Waals surface area contributed by atoms with Crippen molar-refractivity contribution in [2.75, 3.05) is 6.54 Å². The lowest BCUT2D eigenvalue weighted by Gasteiger charge is -2.11. The molecule has 1 N–H and O–H groups in total. The average molecular weight is 297 g/mol. The van der Waals surface area contributed by atoms with E-state index in [0.717, 1.165) is 18.7 Å². The summed E-state index contributed by atoms with van der Waals surface area (Å²) >= 11 is 3.62. The summed E-state index contributed by atoms with van der Waals surface area (Å²) in [6, 6.07) is 3.57. The van der Waals surface area contributed by atoms with Gasteiger partial charge in [-0.2, -0.15) is 0 Å². The van der Waals surface area contributed by atoms with Crippen molar-refractivity contribution in [1.82, 2.24) is 10.3 Å². The van der Waals surface area contributed by atoms with E-state index in [1.807, 2.05) is 13.0 Å². The van der Waals surface area contributed by atoms with Crippen LogP contribution in [0.15, 0.2) is 18.3 Å². The first kappa shape index (κ1) is 12.6. The van der Waals surface area contributed by atoms with Gasteiger partial charge in [0.25, 0.3) is 5.91 Å². The zero-order valence-electron chi connectivity index (χ0n) is 9.95. The first-order valence-electron chi connectivity index (χ1n) is 6.00. The first-order valence-corrected chi connectivity index (χ1v) is 6.91. The molecule has 2 atom stereocenters. The molecule has 1 aromatic heterocycles. The first-order chi connectivity index (χ1) is 8.15. The van der Waals surface area contributed by atoms with Crippen molar-refractivity contribution in [1.29, 1.82) is 0 Å². The van der Waals surface area contributed by atoms with E-state index in [-0.39, 0.29) is 5.91 Å². The largest absolute Gasteiger partial charge is 0.352 e. The number of pyridine rings is 1. The number of rotatable bonds is 3. The standard InChI is InChI=1S/C13H17BrN2O/c1-9-6-11(4-5-15-9)13(17)16-8-10-2-3-12(14)7-10/h4-6,10,12H,2-3,7-8H2,1H3,(H,16,17). The zero-order chi connectivity index (χ0) is 12.3. The molecule has 3 nitrogen and oxygen atoms in total. The third kappa shape index (κ3) is 3.53. The minimum absolute atomic E-state index is 0.00789. The minimum Gasteiger partial charge on any atom is -0.352 e. The summed E-state index contributed by atoms with van der Waals surface area (Å²) in [5.74, 6) is 0.625. The normalized spacial score (nSPS) is 23.6. The monoisotopic (exact) mass is 296 g/mol. The predicted octanol–water partition coefficient (Wildman–Crippen LogP) is 2.68. The van der Waals surface area contributed by atoms with Crippen LogP contribution in [0.5, 0.6) is 0 Å². The Labute approximate surface area is 110 Å². The summed E-state index contributed by atoms with van der Waals surface area (Å²) in [6.07, 6.45) is 5.25. The van der Waals surface area contributed by atoms with Gasteiger partial charge in [0.1, 0.15) is 0 Å². The van der Waals surface area contributed by atoms with Crippen LogP contribution in [0.1, 0.15) is 35.3 Å². The van der Waals surface area contributed by atoms with Crippen LogP contribution in [0.2, 0.25) is 0 Å². The Morgan fingerprint density at radius 3 is 3.06 bits per heavy atom. The number of hydrogen-bond donors (Lipinski definition) is 1. The smallest absolute Gasteiger partial charge is 0.251 e. The highest BCUT2D eigenvalue weighted by Crippen LogP contribution is 2.30. The van der Waals surface area contributed by atoms with Crippen molar-refractivity contribution in [2.45, 2.75) is 31.0 Å². The van der Waals surface area contributed by atoms with Crippen LogP contribution >= 0.6 is 15.9 Å². The van der Waals surface area contributed by atoms with Gasteiger partial charge in [-0.25, -0.2) is 0 Å². The second-order valence-corrected chi connectivity index (χ2v) is 5.97. The van der Waals surface area contributed by atoms with Gasteiger partial charge >= 0.3 is 0 Å². The Morgan fingerprint density at radius 2 is 2.41 bits per heavy atom. The number of carbonyl (C=O) groups is 1. The third-order valence-electron chi connectivity index (χ3n) is 3.19. The molecule has 1 heterocycles. The van der Waals surface area contributed by atoms with Crippen molar-refractivity contribution in [3.05, 3.63) is 29.6 Å². The van der Waals surface area contributed by atoms with Crippen LogP contribution < -0.4 is 5.32 Å². The van der Waals surface area contributed by atoms with E-state index in [1.54, 1.807) is 12.3 Å². The fourth-order valence-corrected chi connectivity index (χ4v) is 3.02. The maximum Gasteiger partial charge on any atom is 0.251 e. The molecule has 0 spiro atoms. The highest BCUT2D eigenvalue weighted by molar-refractivity contribution is 9.09. The van der Waals surface area contributed by atoms with E-state index in [1.165, 1.54) is 12.8 Å². The van der Waals surface area contributed by atoms with E-state index in [4.69, 9.17) is 0 Å². The third-order valence-corrected chi connectivity index (χ3v) is 4.02. The van der Waals surface area contributed by atoms with Crippen LogP contribution in [-0.2, 0) is 0 Å². The molecule has 0 aliphatic heterocycles. The Bertz CT molecular complexity index is 408. The maximum atomic E-state index is 11.9. The van der Waals surface area contributed by atoms with Crippen LogP contribution in [-0.4, -0.2) is 22.3 Å². The van der Waals surface area contributed by atoms with Crippen molar-refractivity contribution in [3.8, 4) is 0 Å². The van der Waals surface area contributed by atoms with Gasteiger partial charge < -0.3 is 5.32 Å². The molecule has 17 heavy (non-hydrogen) atoms. The molecule has 4 heteroatoms. The van der Waals surface area contributed by atoms with Gasteiger partial charge in [-0.15, -0.1) is 0 Å². The van der Waals surface area contributed by atoms with Crippen LogP contribution in [0.25, 0.3) is 0 Å². The van der Waals surface area contributed by atoms with E-state index in [9.17, 15) is 4.79 Å². The van der Waals surface area contributed by atoms with Crippen molar-refractivity contribution < 1.29 is 4.79 Å². The quantitative estimate of drug-likeness (QED) is 0.872. The molecule has 2 rings (SSSR count). The lowest BCUT2D eigenvalue weighted by Crippen LogP contribution is -2.28. The molecule has 0 aromatic carbocycles.